The summed E-state index contributed by atoms with van der Waals surface area (Å²) in [6.45, 7) is 5.56. The third-order valence-corrected chi connectivity index (χ3v) is 6.18. The lowest BCUT2D eigenvalue weighted by molar-refractivity contribution is -0.133. The summed E-state index contributed by atoms with van der Waals surface area (Å²) >= 11 is 0. The van der Waals surface area contributed by atoms with Gasteiger partial charge in [-0.15, -0.1) is 5.10 Å². The molecule has 0 aliphatic carbocycles. The second-order valence-corrected chi connectivity index (χ2v) is 8.15. The molecule has 28 heavy (non-hydrogen) atoms. The van der Waals surface area contributed by atoms with E-state index in [0.29, 0.717) is 18.5 Å². The van der Waals surface area contributed by atoms with Crippen LogP contribution in [0.2, 0.25) is 0 Å². The van der Waals surface area contributed by atoms with Gasteiger partial charge in [0.2, 0.25) is 5.91 Å². The van der Waals surface area contributed by atoms with E-state index in [-0.39, 0.29) is 11.8 Å². The van der Waals surface area contributed by atoms with Crippen LogP contribution in [0.5, 0.6) is 0 Å². The number of amides is 1. The Morgan fingerprint density at radius 3 is 3.07 bits per heavy atom. The monoisotopic (exact) mass is 382 g/mol. The molecule has 1 amide bonds. The maximum absolute atomic E-state index is 12.7. The Morgan fingerprint density at radius 1 is 1.39 bits per heavy atom. The van der Waals surface area contributed by atoms with E-state index in [1.165, 1.54) is 6.42 Å². The highest BCUT2D eigenvalue weighted by Crippen LogP contribution is 2.37. The number of aromatic nitrogens is 4. The lowest BCUT2D eigenvalue weighted by Crippen LogP contribution is -2.58. The molecule has 3 saturated heterocycles. The first kappa shape index (κ1) is 19.1. The number of carbonyl (C=O) groups excluding carboxylic acids is 1. The Bertz CT molecular complexity index is 776. The van der Waals surface area contributed by atoms with E-state index in [9.17, 15) is 4.79 Å². The molecule has 2 unspecified atom stereocenters. The molecule has 3 aliphatic rings. The molecule has 0 radical (unpaired) electrons. The first-order valence-electron chi connectivity index (χ1n) is 10.5. The fraction of sp³-hybridized carbons (Fsp3) is 0.619. The number of rotatable bonds is 8. The molecule has 0 saturated carbocycles. The van der Waals surface area contributed by atoms with Crippen LogP contribution >= 0.6 is 0 Å². The molecular weight excluding hydrogens is 352 g/mol. The lowest BCUT2D eigenvalue weighted by atomic mass is 9.75. The van der Waals surface area contributed by atoms with Gasteiger partial charge in [0.05, 0.1) is 18.2 Å². The van der Waals surface area contributed by atoms with Crippen molar-refractivity contribution in [1.82, 2.24) is 30.2 Å². The van der Waals surface area contributed by atoms with Crippen LogP contribution in [0.1, 0.15) is 43.9 Å². The number of fused-ring (bicyclic) bond motifs is 3. The Labute approximate surface area is 166 Å². The van der Waals surface area contributed by atoms with Crippen LogP contribution in [0.4, 0.5) is 0 Å². The van der Waals surface area contributed by atoms with Crippen LogP contribution in [-0.4, -0.2) is 49.9 Å². The smallest absolute Gasteiger partial charge is 0.224 e. The number of aryl methyl sites for hydroxylation is 1. The number of hydrogen-bond donors (Lipinski definition) is 1. The zero-order valence-electron chi connectivity index (χ0n) is 16.6. The third-order valence-electron chi connectivity index (χ3n) is 6.18. The van der Waals surface area contributed by atoms with Gasteiger partial charge in [-0.1, -0.05) is 24.6 Å². The van der Waals surface area contributed by atoms with Gasteiger partial charge in [0.25, 0.3) is 0 Å². The van der Waals surface area contributed by atoms with E-state index in [2.05, 4.69) is 38.6 Å². The molecular formula is C21H30N6O. The van der Waals surface area contributed by atoms with E-state index in [1.54, 1.807) is 12.4 Å². The van der Waals surface area contributed by atoms with Crippen LogP contribution in [0.3, 0.4) is 0 Å². The fourth-order valence-electron chi connectivity index (χ4n) is 4.56. The summed E-state index contributed by atoms with van der Waals surface area (Å²) in [5.74, 6) is 0.740. The number of hydrogen-bond acceptors (Lipinski definition) is 5. The van der Waals surface area contributed by atoms with E-state index < -0.39 is 0 Å². The van der Waals surface area contributed by atoms with Gasteiger partial charge in [0, 0.05) is 37.7 Å². The quantitative estimate of drug-likeness (QED) is 0.756. The third kappa shape index (κ3) is 4.41. The zero-order valence-corrected chi connectivity index (χ0v) is 16.6. The van der Waals surface area contributed by atoms with Crippen molar-refractivity contribution in [3.63, 3.8) is 0 Å². The molecule has 2 aromatic rings. The van der Waals surface area contributed by atoms with Gasteiger partial charge >= 0.3 is 0 Å². The molecule has 2 bridgehead atoms. The second kappa shape index (κ2) is 8.82. The van der Waals surface area contributed by atoms with Crippen LogP contribution in [0.25, 0.3) is 0 Å². The van der Waals surface area contributed by atoms with E-state index in [4.69, 9.17) is 0 Å². The highest BCUT2D eigenvalue weighted by Gasteiger charge is 2.43. The molecule has 3 aliphatic heterocycles. The highest BCUT2D eigenvalue weighted by atomic mass is 16.1. The van der Waals surface area contributed by atoms with Crippen molar-refractivity contribution in [3.8, 4) is 0 Å². The predicted molar refractivity (Wildman–Crippen MR) is 106 cm³/mol. The minimum absolute atomic E-state index is 0.0949. The first-order chi connectivity index (χ1) is 13.7. The number of piperidine rings is 3. The number of carbonyl (C=O) groups is 1. The molecule has 7 heteroatoms. The molecule has 2 aromatic heterocycles. The topological polar surface area (TPSA) is 75.9 Å². The van der Waals surface area contributed by atoms with Crippen molar-refractivity contribution < 1.29 is 4.79 Å². The summed E-state index contributed by atoms with van der Waals surface area (Å²) in [6.07, 6.45) is 11.2. The molecule has 1 N–H and O–H groups in total. The normalized spacial score (nSPS) is 26.3. The summed E-state index contributed by atoms with van der Waals surface area (Å²) in [5.41, 5.74) is 2.13. The highest BCUT2D eigenvalue weighted by molar-refractivity contribution is 5.79. The maximum atomic E-state index is 12.7. The number of nitrogens with zero attached hydrogens (tertiary/aromatic N) is 5. The second-order valence-electron chi connectivity index (χ2n) is 8.15. The van der Waals surface area contributed by atoms with Crippen molar-refractivity contribution in [3.05, 3.63) is 42.0 Å². The average Bonchev–Trinajstić information content (AvgIpc) is 3.19. The fourth-order valence-corrected chi connectivity index (χ4v) is 4.56. The van der Waals surface area contributed by atoms with E-state index in [1.807, 2.05) is 16.8 Å². The standard InChI is InChI=1S/C21H30N6O/c1-2-3-6-18-13-27(25-24-18)14-19-10-17-7-9-26(19)15-20(17)21(28)23-12-16-5-4-8-22-11-16/h4-5,8,11,13,17,19-20H,2-3,6-7,9-10,12,14-15H2,1H3,(H,23,28)/t17?,19-,20+/m1/s1. The Hall–Kier alpha value is -2.28. The summed E-state index contributed by atoms with van der Waals surface area (Å²) in [6, 6.07) is 4.35. The maximum Gasteiger partial charge on any atom is 0.224 e. The Morgan fingerprint density at radius 2 is 2.32 bits per heavy atom. The minimum Gasteiger partial charge on any atom is -0.352 e. The first-order valence-corrected chi connectivity index (χ1v) is 10.5. The van der Waals surface area contributed by atoms with Gasteiger partial charge < -0.3 is 5.32 Å². The number of nitrogens with one attached hydrogen (secondary N) is 1. The predicted octanol–water partition coefficient (Wildman–Crippen LogP) is 2.04. The number of pyridine rings is 1. The van der Waals surface area contributed by atoms with Crippen molar-refractivity contribution >= 4 is 5.91 Å². The van der Waals surface area contributed by atoms with Crippen molar-refractivity contribution in [2.45, 2.75) is 58.2 Å². The van der Waals surface area contributed by atoms with Gasteiger partial charge in [-0.3, -0.25) is 19.4 Å². The van der Waals surface area contributed by atoms with Crippen LogP contribution in [0.15, 0.2) is 30.7 Å². The Kier molecular flexibility index (Phi) is 6.00. The van der Waals surface area contributed by atoms with Crippen molar-refractivity contribution in [2.24, 2.45) is 11.8 Å². The van der Waals surface area contributed by atoms with Crippen molar-refractivity contribution in [2.75, 3.05) is 13.1 Å². The molecule has 5 heterocycles. The summed E-state index contributed by atoms with van der Waals surface area (Å²) in [5, 5.41) is 11.7. The Balaban J connectivity index is 1.30. The van der Waals surface area contributed by atoms with Crippen molar-refractivity contribution in [1.29, 1.82) is 0 Å². The largest absolute Gasteiger partial charge is 0.352 e. The molecule has 7 nitrogen and oxygen atoms in total. The zero-order chi connectivity index (χ0) is 19.3. The molecule has 150 valence electrons. The summed E-state index contributed by atoms with van der Waals surface area (Å²) in [4.78, 5) is 19.3. The molecule has 5 rings (SSSR count). The van der Waals surface area contributed by atoms with Crippen LogP contribution in [-0.2, 0) is 24.3 Å². The minimum atomic E-state index is 0.0949. The SMILES string of the molecule is CCCCc1cn(C[C@H]2CC3CCN2C[C@@H]3C(=O)NCc2cccnc2)nn1. The van der Waals surface area contributed by atoms with Gasteiger partial charge in [-0.2, -0.15) is 0 Å². The van der Waals surface area contributed by atoms with Gasteiger partial charge in [-0.25, -0.2) is 0 Å². The molecule has 3 fully saturated rings. The van der Waals surface area contributed by atoms with Crippen LogP contribution < -0.4 is 5.32 Å². The van der Waals surface area contributed by atoms with Gasteiger partial charge in [0.15, 0.2) is 0 Å². The summed E-state index contributed by atoms with van der Waals surface area (Å²) < 4.78 is 1.99. The summed E-state index contributed by atoms with van der Waals surface area (Å²) in [7, 11) is 0. The van der Waals surface area contributed by atoms with Gasteiger partial charge in [0.1, 0.15) is 0 Å². The van der Waals surface area contributed by atoms with E-state index in [0.717, 1.165) is 56.6 Å². The molecule has 0 spiro atoms. The van der Waals surface area contributed by atoms with Crippen LogP contribution in [0, 0.1) is 11.8 Å². The van der Waals surface area contributed by atoms with Gasteiger partial charge in [-0.05, 0) is 49.8 Å². The number of unbranched alkanes of at least 4 members (excludes halogenated alkanes) is 1. The van der Waals surface area contributed by atoms with E-state index >= 15 is 0 Å². The molecule has 4 atom stereocenters. The average molecular weight is 383 g/mol. The molecule has 0 aromatic carbocycles. The lowest BCUT2D eigenvalue weighted by Gasteiger charge is -2.49.